The lowest BCUT2D eigenvalue weighted by atomic mass is 9.92. The average molecular weight is 647 g/mol. The quantitative estimate of drug-likeness (QED) is 0.331. The Bertz CT molecular complexity index is 1630. The molecular formula is C27H24ClF5N4O5S. The molecule has 1 fully saturated rings. The van der Waals surface area contributed by atoms with Gasteiger partial charge in [0.15, 0.2) is 0 Å². The second kappa shape index (κ2) is 12.3. The van der Waals surface area contributed by atoms with Gasteiger partial charge < -0.3 is 15.4 Å². The SMILES string of the molecule is COc1cc(F)c([C@@H]2CN(c3nccc(NCCS(C)(=O)=O)c3C(F)(F)F)C(=O)C2NC(=O)c2ccc(Cl)cc2)c(F)c1. The van der Waals surface area contributed by atoms with Gasteiger partial charge in [0, 0.05) is 59.7 Å². The van der Waals surface area contributed by atoms with Gasteiger partial charge in [-0.05, 0) is 30.3 Å². The van der Waals surface area contributed by atoms with Crippen LogP contribution in [-0.4, -0.2) is 63.5 Å². The molecule has 0 radical (unpaired) electrons. The maximum atomic E-state index is 15.2. The molecule has 9 nitrogen and oxygen atoms in total. The van der Waals surface area contributed by atoms with Crippen LogP contribution in [0, 0.1) is 11.6 Å². The number of hydrogen-bond acceptors (Lipinski definition) is 7. The van der Waals surface area contributed by atoms with Crippen molar-refractivity contribution in [1.82, 2.24) is 10.3 Å². The first kappa shape index (κ1) is 31.9. The van der Waals surface area contributed by atoms with Crippen molar-refractivity contribution < 1.29 is 44.7 Å². The predicted octanol–water partition coefficient (Wildman–Crippen LogP) is 4.43. The molecule has 0 saturated carbocycles. The second-order valence-electron chi connectivity index (χ2n) is 9.63. The number of benzene rings is 2. The van der Waals surface area contributed by atoms with Crippen molar-refractivity contribution in [2.75, 3.05) is 42.4 Å². The number of sulfone groups is 1. The molecule has 2 N–H and O–H groups in total. The molecule has 3 aromatic rings. The van der Waals surface area contributed by atoms with E-state index in [1.807, 2.05) is 0 Å². The standard InChI is InChI=1S/C27H24ClF5N4O5S/c1-42-16-11-18(29)21(19(30)12-16)17-13-37(26(39)23(17)36-25(38)14-3-5-15(28)6-4-14)24-22(27(31,32)33)20(7-8-35-24)34-9-10-43(2,40)41/h3-8,11-12,17,23H,9-10,13H2,1-2H3,(H,34,35)(H,36,38)/t17-,23?/m0/s1. The van der Waals surface area contributed by atoms with Gasteiger partial charge in [-0.15, -0.1) is 0 Å². The molecule has 230 valence electrons. The van der Waals surface area contributed by atoms with E-state index >= 15 is 8.78 Å². The van der Waals surface area contributed by atoms with Gasteiger partial charge in [-0.3, -0.25) is 14.5 Å². The number of ether oxygens (including phenoxy) is 1. The number of amides is 2. The van der Waals surface area contributed by atoms with Crippen LogP contribution in [0.15, 0.2) is 48.7 Å². The van der Waals surface area contributed by atoms with E-state index in [4.69, 9.17) is 16.3 Å². The lowest BCUT2D eigenvalue weighted by Gasteiger charge is -2.23. The Labute approximate surface area is 247 Å². The highest BCUT2D eigenvalue weighted by atomic mass is 35.5. The van der Waals surface area contributed by atoms with E-state index in [0.29, 0.717) is 9.92 Å². The molecule has 2 amide bonds. The zero-order chi connectivity index (χ0) is 31.7. The summed E-state index contributed by atoms with van der Waals surface area (Å²) in [5, 5.41) is 5.10. The number of aromatic nitrogens is 1. The first-order valence-electron chi connectivity index (χ1n) is 12.5. The smallest absolute Gasteiger partial charge is 0.421 e. The molecule has 1 aliphatic heterocycles. The van der Waals surface area contributed by atoms with Crippen LogP contribution < -0.4 is 20.3 Å². The number of anilines is 2. The van der Waals surface area contributed by atoms with Crippen molar-refractivity contribution in [2.24, 2.45) is 0 Å². The predicted molar refractivity (Wildman–Crippen MR) is 148 cm³/mol. The fourth-order valence-electron chi connectivity index (χ4n) is 4.66. The fourth-order valence-corrected chi connectivity index (χ4v) is 5.25. The van der Waals surface area contributed by atoms with Crippen LogP contribution in [0.3, 0.4) is 0 Å². The van der Waals surface area contributed by atoms with Gasteiger partial charge in [-0.1, -0.05) is 11.6 Å². The van der Waals surface area contributed by atoms with E-state index in [2.05, 4.69) is 15.6 Å². The average Bonchev–Trinajstić information content (AvgIpc) is 3.22. The zero-order valence-electron chi connectivity index (χ0n) is 22.5. The normalized spacial score (nSPS) is 17.2. The Hall–Kier alpha value is -3.98. The molecule has 1 saturated heterocycles. The van der Waals surface area contributed by atoms with Crippen molar-refractivity contribution >= 4 is 44.8 Å². The van der Waals surface area contributed by atoms with Gasteiger partial charge >= 0.3 is 6.18 Å². The minimum Gasteiger partial charge on any atom is -0.497 e. The number of carbonyl (C=O) groups is 2. The van der Waals surface area contributed by atoms with Crippen LogP contribution in [0.2, 0.25) is 5.02 Å². The lowest BCUT2D eigenvalue weighted by molar-refractivity contribution is -0.136. The Morgan fingerprint density at radius 3 is 2.33 bits per heavy atom. The van der Waals surface area contributed by atoms with E-state index in [1.165, 1.54) is 31.4 Å². The summed E-state index contributed by atoms with van der Waals surface area (Å²) >= 11 is 5.86. The van der Waals surface area contributed by atoms with Gasteiger partial charge in [0.2, 0.25) is 0 Å². The summed E-state index contributed by atoms with van der Waals surface area (Å²) < 4.78 is 101. The number of alkyl halides is 3. The van der Waals surface area contributed by atoms with Crippen molar-refractivity contribution in [3.63, 3.8) is 0 Å². The molecule has 0 spiro atoms. The third-order valence-electron chi connectivity index (χ3n) is 6.62. The Morgan fingerprint density at radius 1 is 1.14 bits per heavy atom. The van der Waals surface area contributed by atoms with E-state index < -0.39 is 86.4 Å². The second-order valence-corrected chi connectivity index (χ2v) is 12.3. The van der Waals surface area contributed by atoms with Crippen molar-refractivity contribution in [3.8, 4) is 5.75 Å². The monoisotopic (exact) mass is 646 g/mol. The highest BCUT2D eigenvalue weighted by molar-refractivity contribution is 7.90. The number of nitrogens with one attached hydrogen (secondary N) is 2. The van der Waals surface area contributed by atoms with Crippen LogP contribution in [0.4, 0.5) is 33.5 Å². The third kappa shape index (κ3) is 7.16. The minimum absolute atomic E-state index is 0.0243. The maximum absolute atomic E-state index is 15.2. The van der Waals surface area contributed by atoms with Gasteiger partial charge in [-0.2, -0.15) is 13.2 Å². The summed E-state index contributed by atoms with van der Waals surface area (Å²) in [5.41, 5.74) is -2.61. The molecule has 2 aromatic carbocycles. The third-order valence-corrected chi connectivity index (χ3v) is 7.82. The molecule has 0 aliphatic carbocycles. The van der Waals surface area contributed by atoms with Crippen molar-refractivity contribution in [3.05, 3.63) is 82.0 Å². The first-order valence-corrected chi connectivity index (χ1v) is 14.9. The molecule has 1 unspecified atom stereocenters. The fraction of sp³-hybridized carbons (Fsp3) is 0.296. The van der Waals surface area contributed by atoms with Gasteiger partial charge in [0.05, 0.1) is 18.6 Å². The molecule has 43 heavy (non-hydrogen) atoms. The number of rotatable bonds is 9. The van der Waals surface area contributed by atoms with Crippen molar-refractivity contribution in [2.45, 2.75) is 18.1 Å². The highest BCUT2D eigenvalue weighted by Gasteiger charge is 2.49. The molecule has 4 rings (SSSR count). The molecule has 2 heterocycles. The van der Waals surface area contributed by atoms with Crippen LogP contribution in [0.1, 0.15) is 27.4 Å². The Kier molecular flexibility index (Phi) is 9.16. The number of pyridine rings is 1. The molecule has 2 atom stereocenters. The molecular weight excluding hydrogens is 623 g/mol. The number of carbonyl (C=O) groups excluding carboxylic acids is 2. The number of methoxy groups -OCH3 is 1. The molecule has 16 heteroatoms. The number of halogens is 6. The largest absolute Gasteiger partial charge is 0.497 e. The summed E-state index contributed by atoms with van der Waals surface area (Å²) in [4.78, 5) is 31.1. The highest BCUT2D eigenvalue weighted by Crippen LogP contribution is 2.44. The number of hydrogen-bond donors (Lipinski definition) is 2. The minimum atomic E-state index is -5.10. The summed E-state index contributed by atoms with van der Waals surface area (Å²) in [6.07, 6.45) is -3.23. The Morgan fingerprint density at radius 2 is 1.77 bits per heavy atom. The van der Waals surface area contributed by atoms with E-state index in [1.54, 1.807) is 0 Å². The van der Waals surface area contributed by atoms with Crippen LogP contribution in [0.5, 0.6) is 5.75 Å². The lowest BCUT2D eigenvalue weighted by Crippen LogP contribution is -2.44. The summed E-state index contributed by atoms with van der Waals surface area (Å²) in [5.74, 6) is -7.34. The Balaban J connectivity index is 1.80. The van der Waals surface area contributed by atoms with E-state index in [-0.39, 0.29) is 17.9 Å². The topological polar surface area (TPSA) is 118 Å². The van der Waals surface area contributed by atoms with Gasteiger partial charge in [-0.25, -0.2) is 22.2 Å². The zero-order valence-corrected chi connectivity index (χ0v) is 24.1. The van der Waals surface area contributed by atoms with Crippen LogP contribution in [0.25, 0.3) is 0 Å². The first-order chi connectivity index (χ1) is 20.1. The molecule has 1 aliphatic rings. The van der Waals surface area contributed by atoms with Gasteiger partial charge in [0.25, 0.3) is 11.8 Å². The van der Waals surface area contributed by atoms with Gasteiger partial charge in [0.1, 0.15) is 44.6 Å². The van der Waals surface area contributed by atoms with E-state index in [9.17, 15) is 31.2 Å². The summed E-state index contributed by atoms with van der Waals surface area (Å²) in [6, 6.07) is 6.36. The summed E-state index contributed by atoms with van der Waals surface area (Å²) in [7, 11) is -2.35. The summed E-state index contributed by atoms with van der Waals surface area (Å²) in [6.45, 7) is -1.09. The maximum Gasteiger partial charge on any atom is 0.421 e. The van der Waals surface area contributed by atoms with E-state index in [0.717, 1.165) is 30.7 Å². The van der Waals surface area contributed by atoms with Crippen LogP contribution >= 0.6 is 11.6 Å². The molecule has 0 bridgehead atoms. The molecule has 1 aromatic heterocycles. The number of nitrogens with zero attached hydrogens (tertiary/aromatic N) is 2. The van der Waals surface area contributed by atoms with Crippen LogP contribution in [-0.2, 0) is 20.8 Å². The van der Waals surface area contributed by atoms with Crippen molar-refractivity contribution in [1.29, 1.82) is 0 Å².